The van der Waals surface area contributed by atoms with Gasteiger partial charge >= 0.3 is 30.1 Å². The van der Waals surface area contributed by atoms with E-state index in [4.69, 9.17) is 37.3 Å². The van der Waals surface area contributed by atoms with Gasteiger partial charge < -0.3 is 20.4 Å². The van der Waals surface area contributed by atoms with Gasteiger partial charge in [-0.2, -0.15) is 13.2 Å². The van der Waals surface area contributed by atoms with Crippen molar-refractivity contribution in [1.82, 2.24) is 59.8 Å². The van der Waals surface area contributed by atoms with Gasteiger partial charge in [-0.15, -0.1) is 131 Å². The van der Waals surface area contributed by atoms with Gasteiger partial charge in [0.1, 0.15) is 22.8 Å². The van der Waals surface area contributed by atoms with Crippen LogP contribution in [-0.4, -0.2) is 104 Å². The number of carboxylic acids is 4. The number of aromatic carboxylic acids is 4. The molecule has 8 aromatic carbocycles. The largest absolute Gasteiger partial charge is 0.477 e. The summed E-state index contributed by atoms with van der Waals surface area (Å²) < 4.78 is 50.6. The second-order valence-corrected chi connectivity index (χ2v) is 23.5. The average molecular weight is 2290 g/mol. The van der Waals surface area contributed by atoms with Crippen molar-refractivity contribution >= 4 is 79.6 Å². The Morgan fingerprint density at radius 1 is 0.353 bits per heavy atom. The average Bonchev–Trinajstić information content (AvgIpc) is 0.816. The number of aromatic nitrogens is 12. The fourth-order valence-electron chi connectivity index (χ4n) is 9.83. The van der Waals surface area contributed by atoms with E-state index in [1.54, 1.807) is 79.7 Å². The Morgan fingerprint density at radius 3 is 0.819 bits per heavy atom. The molecule has 0 bridgehead atoms. The quantitative estimate of drug-likeness (QED) is 0.0811. The van der Waals surface area contributed by atoms with Crippen LogP contribution in [0.2, 0.25) is 5.02 Å². The molecule has 0 aliphatic carbocycles. The van der Waals surface area contributed by atoms with Crippen LogP contribution in [-0.2, 0) is 87.6 Å². The summed E-state index contributed by atoms with van der Waals surface area (Å²) in [6, 6.07) is 82.0. The first-order valence-corrected chi connectivity index (χ1v) is 33.7. The van der Waals surface area contributed by atoms with Crippen LogP contribution in [0.1, 0.15) is 75.9 Å². The van der Waals surface area contributed by atoms with Crippen molar-refractivity contribution in [2.75, 3.05) is 0 Å². The van der Waals surface area contributed by atoms with Crippen molar-refractivity contribution in [3.63, 3.8) is 0 Å². The summed E-state index contributed by atoms with van der Waals surface area (Å²) in [6.45, 7) is 7.56. The van der Waals surface area contributed by atoms with Gasteiger partial charge in [-0.25, -0.2) is 44.4 Å². The number of halogens is 5. The second-order valence-electron chi connectivity index (χ2n) is 23.1. The smallest absolute Gasteiger partial charge is 0.381 e. The Morgan fingerprint density at radius 2 is 0.612 bits per heavy atom. The molecule has 0 spiro atoms. The standard InChI is InChI=1S/C16H10F3N2.C16H10N3.C15H10ClN2.C15H10FN2.4C6H5NO2.3Ir.Pt/c1-10-15(21-14-5-3-2-4-13(14)20-10)11-6-8-12(9-7-11)16(17,18)19;1-11-16(13-8-6-12(10-17)7-9-13)19-15-5-3-2-4-14(15)18-11;2*1-10-15(11-6-8-12(16)9-7-11)18-14-5-3-2-4-13(14)17-10;4*8-6(9)5-3-1-2-4-7-5;;;;/h2-6,8-9H,1H3;2-8H,1H3;2*2-6,8-9H,1H3;4*1-4H,(H,8,9);;;;/q4*-1;;;;;;;;. The van der Waals surface area contributed by atoms with Gasteiger partial charge in [-0.1, -0.05) is 72.8 Å². The molecule has 30 heteroatoms. The molecule has 116 heavy (non-hydrogen) atoms. The molecule has 0 fully saturated rings. The molecule has 593 valence electrons. The van der Waals surface area contributed by atoms with E-state index < -0.39 is 35.6 Å². The number of aryl methyl sites for hydroxylation is 4. The molecule has 21 nitrogen and oxygen atoms in total. The van der Waals surface area contributed by atoms with Crippen molar-refractivity contribution < 1.29 is 139 Å². The molecule has 8 aromatic heterocycles. The number of carboxylic acid groups (broad SMARTS) is 4. The Bertz CT molecular complexity index is 5620. The van der Waals surface area contributed by atoms with Gasteiger partial charge in [-0.3, -0.25) is 44.3 Å². The first-order valence-electron chi connectivity index (χ1n) is 33.3. The third-order valence-corrected chi connectivity index (χ3v) is 15.4. The zero-order chi connectivity index (χ0) is 80.1. The fourth-order valence-corrected chi connectivity index (χ4v) is 9.94. The molecule has 3 radical (unpaired) electrons. The number of pyridine rings is 4. The third kappa shape index (κ3) is 28.1. The van der Waals surface area contributed by atoms with E-state index in [0.717, 1.165) is 102 Å². The number of carbonyl (C=O) groups is 4. The summed E-state index contributed by atoms with van der Waals surface area (Å²) in [5.41, 5.74) is 16.1. The minimum atomic E-state index is -4.36. The van der Waals surface area contributed by atoms with E-state index in [9.17, 15) is 36.7 Å². The number of fused-ring (bicyclic) bond motifs is 4. The van der Waals surface area contributed by atoms with Crippen LogP contribution in [0.15, 0.2) is 267 Å². The minimum Gasteiger partial charge on any atom is -0.477 e. The predicted octanol–water partition coefficient (Wildman–Crippen LogP) is 18.4. The van der Waals surface area contributed by atoms with Crippen molar-refractivity contribution in [3.05, 3.63) is 359 Å². The van der Waals surface area contributed by atoms with Crippen molar-refractivity contribution in [1.29, 1.82) is 5.26 Å². The summed E-state index contributed by atoms with van der Waals surface area (Å²) in [5.74, 6) is -4.26. The maximum Gasteiger partial charge on any atom is 0.381 e. The summed E-state index contributed by atoms with van der Waals surface area (Å²) in [6.07, 6.45) is 1.43. The van der Waals surface area contributed by atoms with Gasteiger partial charge in [0.05, 0.1) is 44.1 Å². The van der Waals surface area contributed by atoms with Crippen molar-refractivity contribution in [2.24, 2.45) is 0 Å². The number of rotatable bonds is 8. The van der Waals surface area contributed by atoms with E-state index in [-0.39, 0.29) is 110 Å². The molecule has 16 rings (SSSR count). The maximum atomic E-state index is 12.9. The normalized spacial score (nSPS) is 9.93. The molecule has 0 unspecified atom stereocenters. The SMILES string of the molecule is Cc1nc2ccccc2nc1-c1[c-]cc(C#N)cc1.Cc1nc2ccccc2nc1-c1[c-]cc(C(F)(F)F)cc1.Cc1nc2ccccc2nc1-c1[c-]cc(Cl)cc1.Cc1nc2ccccc2nc1-c1[c-]cc(F)cc1.O=C(O)c1ccccn1.O=C(O)c1ccccn1.O=C(O)c1ccccn1.O=C(O)c1ccccn1.[Ir].[Ir].[Ir].[Pt]. The third-order valence-electron chi connectivity index (χ3n) is 15.2. The Hall–Kier alpha value is -12.3. The maximum absolute atomic E-state index is 12.9. The van der Waals surface area contributed by atoms with E-state index >= 15 is 0 Å². The number of hydrogen-bond acceptors (Lipinski definition) is 17. The van der Waals surface area contributed by atoms with Crippen LogP contribution in [0.4, 0.5) is 17.6 Å². The van der Waals surface area contributed by atoms with Gasteiger partial charge in [0.15, 0.2) is 0 Å². The summed E-state index contributed by atoms with van der Waals surface area (Å²) in [5, 5.41) is 42.8. The molecule has 0 aliphatic heterocycles. The summed E-state index contributed by atoms with van der Waals surface area (Å²) in [4.78, 5) is 91.2. The van der Waals surface area contributed by atoms with Crippen LogP contribution in [0.5, 0.6) is 0 Å². The summed E-state index contributed by atoms with van der Waals surface area (Å²) in [7, 11) is 0. The van der Waals surface area contributed by atoms with Gasteiger partial charge in [0.25, 0.3) is 0 Å². The van der Waals surface area contributed by atoms with Gasteiger partial charge in [-0.05, 0) is 141 Å². The number of alkyl halides is 3. The van der Waals surface area contributed by atoms with E-state index in [1.165, 1.54) is 67.3 Å². The molecule has 8 heterocycles. The van der Waals surface area contributed by atoms with Crippen molar-refractivity contribution in [3.8, 4) is 51.1 Å². The number of hydrogen-bond donors (Lipinski definition) is 4. The van der Waals surface area contributed by atoms with E-state index in [1.807, 2.05) is 136 Å². The number of nitrogens with zero attached hydrogens (tertiary/aromatic N) is 13. The Kier molecular flexibility index (Phi) is 38.1. The summed E-state index contributed by atoms with van der Waals surface area (Å²) >= 11 is 5.87. The first kappa shape index (κ1) is 94.3. The molecule has 0 aliphatic rings. The van der Waals surface area contributed by atoms with Crippen LogP contribution in [0.25, 0.3) is 89.2 Å². The topological polar surface area (TPSA) is 328 Å². The second kappa shape index (κ2) is 46.8. The molecule has 4 N–H and O–H groups in total. The van der Waals surface area contributed by atoms with Gasteiger partial charge in [0.2, 0.25) is 0 Å². The van der Waals surface area contributed by atoms with Crippen LogP contribution in [0.3, 0.4) is 0 Å². The van der Waals surface area contributed by atoms with Crippen LogP contribution >= 0.6 is 11.6 Å². The molecule has 0 saturated carbocycles. The monoisotopic (exact) mass is 2290 g/mol. The number of para-hydroxylation sites is 8. The van der Waals surface area contributed by atoms with E-state index in [0.29, 0.717) is 33.1 Å². The van der Waals surface area contributed by atoms with Crippen LogP contribution < -0.4 is 0 Å². The molecule has 0 atom stereocenters. The Labute approximate surface area is 721 Å². The van der Waals surface area contributed by atoms with Gasteiger partial charge in [0, 0.05) is 164 Å². The van der Waals surface area contributed by atoms with Crippen molar-refractivity contribution in [2.45, 2.75) is 33.9 Å². The zero-order valence-corrected chi connectivity index (χ0v) is 71.1. The predicted molar refractivity (Wildman–Crippen MR) is 414 cm³/mol. The molecular weight excluding hydrogens is 2230 g/mol. The zero-order valence-electron chi connectivity index (χ0n) is 60.8. The Balaban J connectivity index is 0.000000241. The molecule has 0 amide bonds. The minimum absolute atomic E-state index is 0. The molecule has 16 aromatic rings. The fraction of sp³-hybridized carbons (Fsp3) is 0.0581. The number of nitriles is 1. The first-order chi connectivity index (χ1) is 53.9. The molecular formula is C86H60ClF4Ir3N13O8Pt-4. The van der Waals surface area contributed by atoms with Crippen LogP contribution in [0, 0.1) is 69.1 Å². The molecule has 0 saturated heterocycles. The number of benzene rings is 8. The van der Waals surface area contributed by atoms with E-state index in [2.05, 4.69) is 90.1 Å².